The summed E-state index contributed by atoms with van der Waals surface area (Å²) in [4.78, 5) is 0. The Balaban J connectivity index is 2.09. The van der Waals surface area contributed by atoms with Crippen LogP contribution in [0.5, 0.6) is 34.5 Å². The minimum Gasteiger partial charge on any atom is -0.496 e. The number of ether oxygens (including phenoxy) is 6. The Morgan fingerprint density at radius 1 is 0.552 bits per heavy atom. The molecule has 0 saturated carbocycles. The molecule has 29 heavy (non-hydrogen) atoms. The largest absolute Gasteiger partial charge is 0.496 e. The van der Waals surface area contributed by atoms with E-state index in [1.54, 1.807) is 45.6 Å². The molecular weight excluding hydrogens is 380 g/mol. The molecule has 0 aliphatic rings. The van der Waals surface area contributed by atoms with Gasteiger partial charge in [0.2, 0.25) is 11.6 Å². The molecule has 0 unspecified atom stereocenters. The zero-order chi connectivity index (χ0) is 21.0. The number of hydrogen-bond donors (Lipinski definition) is 0. The molecule has 1 heterocycles. The molecule has 3 aromatic rings. The predicted octanol–water partition coefficient (Wildman–Crippen LogP) is 3.46. The third-order valence-electron chi connectivity index (χ3n) is 4.27. The van der Waals surface area contributed by atoms with Crippen LogP contribution in [0.15, 0.2) is 28.7 Å². The molecule has 0 atom stereocenters. The molecule has 9 heteroatoms. The molecular formula is C20H22N2O7. The van der Waals surface area contributed by atoms with Crippen LogP contribution in [-0.4, -0.2) is 52.9 Å². The molecule has 0 saturated heterocycles. The number of rotatable bonds is 8. The van der Waals surface area contributed by atoms with Crippen molar-refractivity contribution in [2.24, 2.45) is 0 Å². The normalized spacial score (nSPS) is 10.4. The maximum atomic E-state index is 5.89. The minimum absolute atomic E-state index is 0.256. The van der Waals surface area contributed by atoms with Crippen LogP contribution in [0.1, 0.15) is 0 Å². The summed E-state index contributed by atoms with van der Waals surface area (Å²) >= 11 is 0. The Bertz CT molecular complexity index is 975. The number of methoxy groups -OCH3 is 6. The lowest BCUT2D eigenvalue weighted by molar-refractivity contribution is 0.324. The molecule has 0 spiro atoms. The van der Waals surface area contributed by atoms with Gasteiger partial charge in [-0.15, -0.1) is 10.2 Å². The smallest absolute Gasteiger partial charge is 0.252 e. The first-order chi connectivity index (χ1) is 14.1. The third kappa shape index (κ3) is 3.71. The zero-order valence-electron chi connectivity index (χ0n) is 17.1. The summed E-state index contributed by atoms with van der Waals surface area (Å²) in [5.74, 6) is 3.49. The van der Waals surface area contributed by atoms with Gasteiger partial charge in [-0.2, -0.15) is 0 Å². The van der Waals surface area contributed by atoms with Crippen LogP contribution < -0.4 is 28.4 Å². The van der Waals surface area contributed by atoms with E-state index < -0.39 is 0 Å². The van der Waals surface area contributed by atoms with E-state index in [1.807, 2.05) is 0 Å². The second kappa shape index (κ2) is 8.59. The van der Waals surface area contributed by atoms with Gasteiger partial charge in [-0.05, 0) is 12.1 Å². The average molecular weight is 402 g/mol. The van der Waals surface area contributed by atoms with E-state index in [1.165, 1.54) is 21.3 Å². The first-order valence-electron chi connectivity index (χ1n) is 8.54. The summed E-state index contributed by atoms with van der Waals surface area (Å²) in [7, 11) is 9.24. The van der Waals surface area contributed by atoms with E-state index in [4.69, 9.17) is 32.8 Å². The van der Waals surface area contributed by atoms with Gasteiger partial charge in [0.1, 0.15) is 5.75 Å². The summed E-state index contributed by atoms with van der Waals surface area (Å²) < 4.78 is 38.1. The van der Waals surface area contributed by atoms with Gasteiger partial charge < -0.3 is 32.8 Å². The van der Waals surface area contributed by atoms with E-state index in [2.05, 4.69) is 10.2 Å². The highest BCUT2D eigenvalue weighted by Crippen LogP contribution is 2.43. The van der Waals surface area contributed by atoms with Gasteiger partial charge in [-0.3, -0.25) is 0 Å². The van der Waals surface area contributed by atoms with Crippen LogP contribution in [0.3, 0.4) is 0 Å². The first kappa shape index (κ1) is 20.1. The lowest BCUT2D eigenvalue weighted by Gasteiger charge is -2.13. The third-order valence-corrected chi connectivity index (χ3v) is 4.27. The lowest BCUT2D eigenvalue weighted by atomic mass is 10.1. The summed E-state index contributed by atoms with van der Waals surface area (Å²) in [6.07, 6.45) is 0. The molecule has 0 fully saturated rings. The van der Waals surface area contributed by atoms with Crippen LogP contribution in [0.4, 0.5) is 0 Å². The van der Waals surface area contributed by atoms with Gasteiger partial charge in [0.15, 0.2) is 23.0 Å². The van der Waals surface area contributed by atoms with Crippen LogP contribution in [0, 0.1) is 0 Å². The molecule has 2 aromatic carbocycles. The van der Waals surface area contributed by atoms with Gasteiger partial charge in [0, 0.05) is 17.7 Å². The van der Waals surface area contributed by atoms with Crippen LogP contribution in [0.25, 0.3) is 22.9 Å². The van der Waals surface area contributed by atoms with Crippen LogP contribution in [-0.2, 0) is 0 Å². The van der Waals surface area contributed by atoms with Gasteiger partial charge in [0.05, 0.1) is 48.2 Å². The Hall–Kier alpha value is -3.62. The molecule has 0 aliphatic carbocycles. The number of nitrogens with zero attached hydrogens (tertiary/aromatic N) is 2. The van der Waals surface area contributed by atoms with Crippen molar-refractivity contribution in [2.45, 2.75) is 0 Å². The fourth-order valence-corrected chi connectivity index (χ4v) is 2.85. The molecule has 0 amide bonds. The molecule has 0 bridgehead atoms. The van der Waals surface area contributed by atoms with E-state index in [0.29, 0.717) is 45.6 Å². The van der Waals surface area contributed by atoms with Gasteiger partial charge in [0.25, 0.3) is 5.89 Å². The quantitative estimate of drug-likeness (QED) is 0.561. The molecule has 0 aliphatic heterocycles. The minimum atomic E-state index is 0.256. The summed E-state index contributed by atoms with van der Waals surface area (Å²) in [5.41, 5.74) is 1.18. The topological polar surface area (TPSA) is 94.3 Å². The molecule has 9 nitrogen and oxygen atoms in total. The van der Waals surface area contributed by atoms with Gasteiger partial charge >= 0.3 is 0 Å². The highest BCUT2D eigenvalue weighted by Gasteiger charge is 2.21. The van der Waals surface area contributed by atoms with Gasteiger partial charge in [-0.25, -0.2) is 0 Å². The van der Waals surface area contributed by atoms with Crippen LogP contribution >= 0.6 is 0 Å². The Labute approximate surface area is 168 Å². The van der Waals surface area contributed by atoms with Crippen molar-refractivity contribution in [3.05, 3.63) is 24.3 Å². The second-order valence-corrected chi connectivity index (χ2v) is 5.73. The van der Waals surface area contributed by atoms with Crippen molar-refractivity contribution >= 4 is 0 Å². The maximum absolute atomic E-state index is 5.89. The van der Waals surface area contributed by atoms with Crippen molar-refractivity contribution in [3.63, 3.8) is 0 Å². The van der Waals surface area contributed by atoms with E-state index in [-0.39, 0.29) is 11.8 Å². The average Bonchev–Trinajstić information content (AvgIpc) is 3.26. The van der Waals surface area contributed by atoms with Crippen molar-refractivity contribution in [1.29, 1.82) is 0 Å². The molecule has 0 radical (unpaired) electrons. The molecule has 3 rings (SSSR count). The van der Waals surface area contributed by atoms with Crippen molar-refractivity contribution in [1.82, 2.24) is 10.2 Å². The fourth-order valence-electron chi connectivity index (χ4n) is 2.85. The first-order valence-corrected chi connectivity index (χ1v) is 8.54. The molecule has 1 aromatic heterocycles. The van der Waals surface area contributed by atoms with Crippen LogP contribution in [0.2, 0.25) is 0 Å². The molecule has 0 N–H and O–H groups in total. The number of benzene rings is 2. The van der Waals surface area contributed by atoms with Crippen molar-refractivity contribution in [3.8, 4) is 57.4 Å². The SMILES string of the molecule is COc1cc(OC)c(-c2nnc(-c3cc(OC)c(OC)c(OC)c3)o2)cc1OC. The number of aromatic nitrogens is 2. The Morgan fingerprint density at radius 2 is 1.07 bits per heavy atom. The van der Waals surface area contributed by atoms with Gasteiger partial charge in [-0.1, -0.05) is 0 Å². The highest BCUT2D eigenvalue weighted by atomic mass is 16.5. The van der Waals surface area contributed by atoms with E-state index in [0.717, 1.165) is 0 Å². The monoisotopic (exact) mass is 402 g/mol. The zero-order valence-corrected chi connectivity index (χ0v) is 17.1. The van der Waals surface area contributed by atoms with E-state index >= 15 is 0 Å². The second-order valence-electron chi connectivity index (χ2n) is 5.73. The summed E-state index contributed by atoms with van der Waals surface area (Å²) in [6, 6.07) is 6.86. The van der Waals surface area contributed by atoms with Crippen molar-refractivity contribution in [2.75, 3.05) is 42.7 Å². The molecule has 154 valence electrons. The summed E-state index contributed by atoms with van der Waals surface area (Å²) in [5, 5.41) is 8.30. The highest BCUT2D eigenvalue weighted by molar-refractivity contribution is 5.70. The lowest BCUT2D eigenvalue weighted by Crippen LogP contribution is -1.95. The number of hydrogen-bond acceptors (Lipinski definition) is 9. The fraction of sp³-hybridized carbons (Fsp3) is 0.300. The predicted molar refractivity (Wildman–Crippen MR) is 104 cm³/mol. The van der Waals surface area contributed by atoms with Crippen molar-refractivity contribution < 1.29 is 32.8 Å². The summed E-state index contributed by atoms with van der Waals surface area (Å²) in [6.45, 7) is 0. The van der Waals surface area contributed by atoms with E-state index in [9.17, 15) is 0 Å². The maximum Gasteiger partial charge on any atom is 0.252 e. The Morgan fingerprint density at radius 3 is 1.59 bits per heavy atom. The standard InChI is InChI=1S/C20H22N2O7/c1-23-13-10-15(25-3)14(24-2)9-12(13)20-22-21-19(29-20)11-7-16(26-4)18(28-6)17(8-11)27-5/h7-10H,1-6H3. The Kier molecular flexibility index (Phi) is 5.96.